The Bertz CT molecular complexity index is 918. The summed E-state index contributed by atoms with van der Waals surface area (Å²) in [6.07, 6.45) is 0.597. The minimum Gasteiger partial charge on any atom is -0.486 e. The molecule has 0 radical (unpaired) electrons. The van der Waals surface area contributed by atoms with E-state index in [9.17, 15) is 17.6 Å². The van der Waals surface area contributed by atoms with Gasteiger partial charge in [0.1, 0.15) is 25.1 Å². The Morgan fingerprint density at radius 3 is 2.52 bits per heavy atom. The fraction of sp³-hybridized carbons (Fsp3) is 0.278. The van der Waals surface area contributed by atoms with Crippen molar-refractivity contribution in [3.8, 4) is 11.5 Å². The molecule has 27 heavy (non-hydrogen) atoms. The molecule has 2 aromatic rings. The summed E-state index contributed by atoms with van der Waals surface area (Å²) in [5, 5.41) is 2.64. The second-order valence-electron chi connectivity index (χ2n) is 6.05. The van der Waals surface area contributed by atoms with Crippen LogP contribution in [0, 0.1) is 5.82 Å². The summed E-state index contributed by atoms with van der Waals surface area (Å²) < 4.78 is 49.3. The van der Waals surface area contributed by atoms with Crippen LogP contribution >= 0.6 is 0 Å². The van der Waals surface area contributed by atoms with Crippen LogP contribution in [0.15, 0.2) is 48.5 Å². The lowest BCUT2D eigenvalue weighted by molar-refractivity contribution is -0.120. The Hall–Kier alpha value is -2.81. The highest BCUT2D eigenvalue weighted by atomic mass is 32.2. The molecule has 1 aliphatic rings. The molecule has 1 atom stereocenters. The van der Waals surface area contributed by atoms with Crippen LogP contribution < -0.4 is 19.1 Å². The number of ether oxygens (including phenoxy) is 2. The first kappa shape index (κ1) is 19.0. The highest BCUT2D eigenvalue weighted by Gasteiger charge is 2.24. The first-order chi connectivity index (χ1) is 12.8. The summed E-state index contributed by atoms with van der Waals surface area (Å²) in [5.41, 5.74) is 0.209. The van der Waals surface area contributed by atoms with Crippen molar-refractivity contribution in [2.24, 2.45) is 0 Å². The third-order valence-electron chi connectivity index (χ3n) is 3.90. The van der Waals surface area contributed by atoms with Gasteiger partial charge in [0, 0.05) is 0 Å². The summed E-state index contributed by atoms with van der Waals surface area (Å²) in [5.74, 6) is 0.227. The van der Waals surface area contributed by atoms with Gasteiger partial charge in [0.15, 0.2) is 11.5 Å². The first-order valence-corrected chi connectivity index (χ1v) is 10.1. The molecule has 144 valence electrons. The molecule has 0 aliphatic carbocycles. The van der Waals surface area contributed by atoms with E-state index >= 15 is 0 Å². The Balaban J connectivity index is 1.59. The zero-order valence-electron chi connectivity index (χ0n) is 14.6. The Labute approximate surface area is 156 Å². The van der Waals surface area contributed by atoms with E-state index in [1.165, 1.54) is 12.1 Å². The van der Waals surface area contributed by atoms with Crippen molar-refractivity contribution in [3.05, 3.63) is 54.3 Å². The number of halogens is 1. The van der Waals surface area contributed by atoms with Crippen LogP contribution in [-0.2, 0) is 14.8 Å². The molecule has 1 N–H and O–H groups in total. The van der Waals surface area contributed by atoms with E-state index in [1.54, 1.807) is 12.1 Å². The van der Waals surface area contributed by atoms with Gasteiger partial charge in [-0.2, -0.15) is 0 Å². The van der Waals surface area contributed by atoms with Crippen molar-refractivity contribution in [3.63, 3.8) is 0 Å². The van der Waals surface area contributed by atoms with Crippen molar-refractivity contribution in [2.45, 2.75) is 6.10 Å². The van der Waals surface area contributed by atoms with Crippen LogP contribution in [0.1, 0.15) is 0 Å². The molecule has 7 nitrogen and oxygen atoms in total. The predicted molar refractivity (Wildman–Crippen MR) is 98.0 cm³/mol. The average molecular weight is 394 g/mol. The molecule has 0 fully saturated rings. The molecule has 1 aliphatic heterocycles. The molecule has 1 heterocycles. The van der Waals surface area contributed by atoms with Gasteiger partial charge < -0.3 is 14.8 Å². The molecular formula is C18H19FN2O5S. The maximum absolute atomic E-state index is 13.1. The number of anilines is 1. The maximum Gasteiger partial charge on any atom is 0.240 e. The highest BCUT2D eigenvalue weighted by molar-refractivity contribution is 7.92. The van der Waals surface area contributed by atoms with Crippen molar-refractivity contribution < 1.29 is 27.1 Å². The number of nitrogens with zero attached hydrogens (tertiary/aromatic N) is 1. The zero-order chi connectivity index (χ0) is 19.4. The first-order valence-electron chi connectivity index (χ1n) is 8.21. The third-order valence-corrected chi connectivity index (χ3v) is 5.04. The van der Waals surface area contributed by atoms with Crippen LogP contribution in [0.4, 0.5) is 10.1 Å². The third kappa shape index (κ3) is 4.88. The zero-order valence-corrected chi connectivity index (χ0v) is 15.4. The fourth-order valence-corrected chi connectivity index (χ4v) is 3.44. The highest BCUT2D eigenvalue weighted by Crippen LogP contribution is 2.30. The molecule has 0 unspecified atom stereocenters. The van der Waals surface area contributed by atoms with Gasteiger partial charge in [-0.15, -0.1) is 0 Å². The van der Waals surface area contributed by atoms with E-state index in [1.807, 2.05) is 12.1 Å². The molecule has 3 rings (SSSR count). The minimum atomic E-state index is -3.71. The minimum absolute atomic E-state index is 0.161. The van der Waals surface area contributed by atoms with E-state index in [0.717, 1.165) is 22.7 Å². The van der Waals surface area contributed by atoms with Gasteiger partial charge in [0.2, 0.25) is 15.9 Å². The van der Waals surface area contributed by atoms with E-state index in [4.69, 9.17) is 9.47 Å². The van der Waals surface area contributed by atoms with Gasteiger partial charge in [0.25, 0.3) is 0 Å². The predicted octanol–water partition coefficient (Wildman–Crippen LogP) is 1.55. The number of amides is 1. The number of rotatable bonds is 6. The average Bonchev–Trinajstić information content (AvgIpc) is 2.64. The van der Waals surface area contributed by atoms with Gasteiger partial charge in [-0.1, -0.05) is 12.1 Å². The van der Waals surface area contributed by atoms with Crippen LogP contribution in [0.5, 0.6) is 11.5 Å². The number of carbonyl (C=O) groups is 1. The van der Waals surface area contributed by atoms with E-state index in [0.29, 0.717) is 11.5 Å². The molecule has 0 saturated carbocycles. The Morgan fingerprint density at radius 2 is 1.85 bits per heavy atom. The van der Waals surface area contributed by atoms with Crippen LogP contribution in [0.2, 0.25) is 0 Å². The summed E-state index contributed by atoms with van der Waals surface area (Å²) in [6.45, 7) is 0.00780. The number of sulfonamides is 1. The van der Waals surface area contributed by atoms with Gasteiger partial charge in [-0.3, -0.25) is 9.10 Å². The Kier molecular flexibility index (Phi) is 5.50. The molecule has 0 aromatic heterocycles. The van der Waals surface area contributed by atoms with Crippen molar-refractivity contribution in [2.75, 3.05) is 30.3 Å². The van der Waals surface area contributed by atoms with Gasteiger partial charge in [-0.25, -0.2) is 12.8 Å². The smallest absolute Gasteiger partial charge is 0.240 e. The van der Waals surface area contributed by atoms with E-state index in [2.05, 4.69) is 5.32 Å². The SMILES string of the molecule is CS(=O)(=O)N(CC(=O)NC[C@@H]1COc2ccccc2O1)c1ccc(F)cc1. The summed E-state index contributed by atoms with van der Waals surface area (Å²) in [6, 6.07) is 12.1. The lowest BCUT2D eigenvalue weighted by Gasteiger charge is -2.27. The van der Waals surface area contributed by atoms with Crippen LogP contribution in [0.3, 0.4) is 0 Å². The number of carbonyl (C=O) groups excluding carboxylic acids is 1. The number of fused-ring (bicyclic) bond motifs is 1. The summed E-state index contributed by atoms with van der Waals surface area (Å²) >= 11 is 0. The summed E-state index contributed by atoms with van der Waals surface area (Å²) in [4.78, 5) is 12.2. The number of benzene rings is 2. The van der Waals surface area contributed by atoms with Crippen LogP contribution in [-0.4, -0.2) is 46.4 Å². The number of hydrogen-bond donors (Lipinski definition) is 1. The molecule has 0 saturated heterocycles. The molecule has 2 aromatic carbocycles. The molecular weight excluding hydrogens is 375 g/mol. The summed E-state index contributed by atoms with van der Waals surface area (Å²) in [7, 11) is -3.71. The number of para-hydroxylation sites is 2. The van der Waals surface area contributed by atoms with Crippen molar-refractivity contribution >= 4 is 21.6 Å². The van der Waals surface area contributed by atoms with Crippen molar-refractivity contribution in [1.82, 2.24) is 5.32 Å². The molecule has 9 heteroatoms. The number of hydrogen-bond acceptors (Lipinski definition) is 5. The standard InChI is InChI=1S/C18H19FN2O5S/c1-27(23,24)21(14-8-6-13(19)7-9-14)11-18(22)20-10-15-12-25-16-4-2-3-5-17(16)26-15/h2-9,15H,10-12H2,1H3,(H,20,22)/t15-/m1/s1. The second kappa shape index (κ2) is 7.83. The largest absolute Gasteiger partial charge is 0.486 e. The molecule has 0 spiro atoms. The quantitative estimate of drug-likeness (QED) is 0.804. The van der Waals surface area contributed by atoms with Gasteiger partial charge >= 0.3 is 0 Å². The van der Waals surface area contributed by atoms with Crippen LogP contribution in [0.25, 0.3) is 0 Å². The maximum atomic E-state index is 13.1. The lowest BCUT2D eigenvalue weighted by Crippen LogP contribution is -2.45. The van der Waals surface area contributed by atoms with E-state index < -0.39 is 28.3 Å². The number of nitrogens with one attached hydrogen (secondary N) is 1. The molecule has 1 amide bonds. The fourth-order valence-electron chi connectivity index (χ4n) is 2.59. The normalized spacial score (nSPS) is 15.9. The topological polar surface area (TPSA) is 84.9 Å². The van der Waals surface area contributed by atoms with Crippen molar-refractivity contribution in [1.29, 1.82) is 0 Å². The van der Waals surface area contributed by atoms with Gasteiger partial charge in [0.05, 0.1) is 18.5 Å². The second-order valence-corrected chi connectivity index (χ2v) is 7.95. The monoisotopic (exact) mass is 394 g/mol. The van der Waals surface area contributed by atoms with Gasteiger partial charge in [-0.05, 0) is 36.4 Å². The lowest BCUT2D eigenvalue weighted by atomic mass is 10.2. The Morgan fingerprint density at radius 1 is 1.19 bits per heavy atom. The van der Waals surface area contributed by atoms with E-state index in [-0.39, 0.29) is 24.9 Å². The molecule has 0 bridgehead atoms.